The van der Waals surface area contributed by atoms with E-state index in [2.05, 4.69) is 25.2 Å². The molecule has 1 aliphatic carbocycles. The molecule has 1 nitrogen and oxygen atoms in total. The molecule has 0 heterocycles. The molecule has 0 aromatic heterocycles. The van der Waals surface area contributed by atoms with Crippen molar-refractivity contribution in [2.24, 2.45) is 5.41 Å². The average molecular weight is 258 g/mol. The number of halogens is 2. The van der Waals surface area contributed by atoms with Gasteiger partial charge in [0.2, 0.25) is 0 Å². The van der Waals surface area contributed by atoms with E-state index in [1.165, 1.54) is 5.56 Å². The van der Waals surface area contributed by atoms with Crippen LogP contribution in [0.3, 0.4) is 0 Å². The molecule has 0 radical (unpaired) electrons. The van der Waals surface area contributed by atoms with Crippen molar-refractivity contribution in [1.82, 2.24) is 5.32 Å². The van der Waals surface area contributed by atoms with E-state index in [-0.39, 0.29) is 5.41 Å². The zero-order valence-electron chi connectivity index (χ0n) is 9.85. The zero-order chi connectivity index (χ0) is 11.9. The van der Waals surface area contributed by atoms with Crippen LogP contribution in [0.5, 0.6) is 0 Å². The smallest absolute Gasteiger partial charge is 0.0627 e. The maximum absolute atomic E-state index is 6.27. The maximum atomic E-state index is 6.27. The molecule has 1 N–H and O–H groups in total. The van der Waals surface area contributed by atoms with Gasteiger partial charge in [-0.3, -0.25) is 0 Å². The Bertz CT molecular complexity index is 401. The minimum atomic E-state index is 0.239. The van der Waals surface area contributed by atoms with Crippen molar-refractivity contribution in [1.29, 1.82) is 0 Å². The Labute approximate surface area is 107 Å². The molecule has 88 valence electrons. The number of hydrogen-bond acceptors (Lipinski definition) is 1. The summed E-state index contributed by atoms with van der Waals surface area (Å²) in [5.41, 5.74) is 1.42. The van der Waals surface area contributed by atoms with Crippen molar-refractivity contribution in [2.45, 2.75) is 32.2 Å². The van der Waals surface area contributed by atoms with Crippen molar-refractivity contribution in [3.05, 3.63) is 33.8 Å². The van der Waals surface area contributed by atoms with Gasteiger partial charge in [-0.15, -0.1) is 0 Å². The average Bonchev–Trinajstić information content (AvgIpc) is 2.23. The molecule has 16 heavy (non-hydrogen) atoms. The van der Waals surface area contributed by atoms with Gasteiger partial charge >= 0.3 is 0 Å². The summed E-state index contributed by atoms with van der Waals surface area (Å²) in [6, 6.07) is 6.47. The van der Waals surface area contributed by atoms with Crippen molar-refractivity contribution in [2.75, 3.05) is 7.05 Å². The molecule has 0 aliphatic heterocycles. The fourth-order valence-electron chi connectivity index (χ4n) is 2.73. The third-order valence-corrected chi connectivity index (χ3v) is 4.81. The second-order valence-corrected chi connectivity index (χ2v) is 5.88. The number of hydrogen-bond donors (Lipinski definition) is 1. The summed E-state index contributed by atoms with van der Waals surface area (Å²) in [6.45, 7) is 4.55. The van der Waals surface area contributed by atoms with Crippen LogP contribution in [0.1, 0.15) is 31.7 Å². The third-order valence-electron chi connectivity index (χ3n) is 3.97. The summed E-state index contributed by atoms with van der Waals surface area (Å²) in [7, 11) is 2.02. The molecule has 3 heteroatoms. The van der Waals surface area contributed by atoms with Gasteiger partial charge < -0.3 is 5.32 Å². The van der Waals surface area contributed by atoms with Crippen molar-refractivity contribution < 1.29 is 0 Å². The van der Waals surface area contributed by atoms with Gasteiger partial charge in [-0.25, -0.2) is 0 Å². The Morgan fingerprint density at radius 2 is 2.00 bits per heavy atom. The Morgan fingerprint density at radius 1 is 1.31 bits per heavy atom. The second kappa shape index (κ2) is 4.21. The van der Waals surface area contributed by atoms with Crippen molar-refractivity contribution in [3.63, 3.8) is 0 Å². The molecular weight excluding hydrogens is 241 g/mol. The second-order valence-electron chi connectivity index (χ2n) is 5.09. The highest BCUT2D eigenvalue weighted by Gasteiger charge is 2.48. The van der Waals surface area contributed by atoms with Gasteiger partial charge in [0.25, 0.3) is 0 Å². The van der Waals surface area contributed by atoms with Gasteiger partial charge in [0.05, 0.1) is 10.0 Å². The van der Waals surface area contributed by atoms with Gasteiger partial charge in [-0.1, -0.05) is 49.2 Å². The lowest BCUT2D eigenvalue weighted by atomic mass is 9.56. The van der Waals surface area contributed by atoms with Crippen LogP contribution in [0.2, 0.25) is 10.0 Å². The van der Waals surface area contributed by atoms with E-state index in [4.69, 9.17) is 23.2 Å². The van der Waals surface area contributed by atoms with Gasteiger partial charge in [0.15, 0.2) is 0 Å². The minimum absolute atomic E-state index is 0.239. The van der Waals surface area contributed by atoms with E-state index < -0.39 is 0 Å². The molecule has 0 amide bonds. The predicted octanol–water partition coefficient (Wildman–Crippen LogP) is 4.09. The first-order valence-electron chi connectivity index (χ1n) is 5.59. The van der Waals surface area contributed by atoms with E-state index in [0.29, 0.717) is 17.0 Å². The highest BCUT2D eigenvalue weighted by atomic mass is 35.5. The highest BCUT2D eigenvalue weighted by molar-refractivity contribution is 6.42. The third kappa shape index (κ3) is 1.75. The molecule has 2 atom stereocenters. The van der Waals surface area contributed by atoms with Crippen molar-refractivity contribution in [3.8, 4) is 0 Å². The fourth-order valence-corrected chi connectivity index (χ4v) is 3.17. The van der Waals surface area contributed by atoms with E-state index in [1.54, 1.807) is 0 Å². The van der Waals surface area contributed by atoms with Crippen LogP contribution in [0.4, 0.5) is 0 Å². The van der Waals surface area contributed by atoms with E-state index in [1.807, 2.05) is 19.2 Å². The quantitative estimate of drug-likeness (QED) is 0.842. The van der Waals surface area contributed by atoms with E-state index in [0.717, 1.165) is 11.4 Å². The standard InChI is InChI=1S/C13H17Cl2N/c1-13(2)9(7-11(13)16-3)8-5-4-6-10(14)12(8)15/h4-6,9,11,16H,7H2,1-3H3. The summed E-state index contributed by atoms with van der Waals surface area (Å²) in [5.74, 6) is 0.496. The molecule has 0 saturated heterocycles. The predicted molar refractivity (Wildman–Crippen MR) is 70.4 cm³/mol. The first-order valence-corrected chi connectivity index (χ1v) is 6.35. The normalized spacial score (nSPS) is 27.6. The number of rotatable bonds is 2. The fraction of sp³-hybridized carbons (Fsp3) is 0.538. The first-order chi connectivity index (χ1) is 7.48. The lowest BCUT2D eigenvalue weighted by Gasteiger charge is -2.52. The molecular formula is C13H17Cl2N. The largest absolute Gasteiger partial charge is 0.316 e. The summed E-state index contributed by atoms with van der Waals surface area (Å²) < 4.78 is 0. The summed E-state index contributed by atoms with van der Waals surface area (Å²) >= 11 is 12.3. The summed E-state index contributed by atoms with van der Waals surface area (Å²) in [4.78, 5) is 0. The Balaban J connectivity index is 2.31. The minimum Gasteiger partial charge on any atom is -0.316 e. The Hall–Kier alpha value is -0.240. The first kappa shape index (κ1) is 12.2. The van der Waals surface area contributed by atoms with Crippen LogP contribution in [0.15, 0.2) is 18.2 Å². The van der Waals surface area contributed by atoms with Gasteiger partial charge in [-0.05, 0) is 36.4 Å². The van der Waals surface area contributed by atoms with Crippen molar-refractivity contribution >= 4 is 23.2 Å². The molecule has 2 rings (SSSR count). The number of benzene rings is 1. The van der Waals surface area contributed by atoms with Crippen LogP contribution in [0, 0.1) is 5.41 Å². The highest BCUT2D eigenvalue weighted by Crippen LogP contribution is 2.54. The van der Waals surface area contributed by atoms with Crippen LogP contribution >= 0.6 is 23.2 Å². The molecule has 1 saturated carbocycles. The van der Waals surface area contributed by atoms with Gasteiger partial charge in [0, 0.05) is 6.04 Å². The van der Waals surface area contributed by atoms with E-state index in [9.17, 15) is 0 Å². The number of nitrogens with one attached hydrogen (secondary N) is 1. The Kier molecular flexibility index (Phi) is 3.22. The summed E-state index contributed by atoms with van der Waals surface area (Å²) in [6.07, 6.45) is 1.13. The molecule has 0 bridgehead atoms. The zero-order valence-corrected chi connectivity index (χ0v) is 11.4. The summed E-state index contributed by atoms with van der Waals surface area (Å²) in [5, 5.41) is 4.72. The molecule has 1 aliphatic rings. The van der Waals surface area contributed by atoms with Crippen LogP contribution in [-0.2, 0) is 0 Å². The SMILES string of the molecule is CNC1CC(c2cccc(Cl)c2Cl)C1(C)C. The van der Waals surface area contributed by atoms with Crippen LogP contribution < -0.4 is 5.32 Å². The molecule has 1 fully saturated rings. The molecule has 1 aromatic rings. The lowest BCUT2D eigenvalue weighted by molar-refractivity contribution is 0.0752. The molecule has 2 unspecified atom stereocenters. The monoisotopic (exact) mass is 257 g/mol. The van der Waals surface area contributed by atoms with Gasteiger partial charge in [0.1, 0.15) is 0 Å². The van der Waals surface area contributed by atoms with Gasteiger partial charge in [-0.2, -0.15) is 0 Å². The maximum Gasteiger partial charge on any atom is 0.0627 e. The Morgan fingerprint density at radius 3 is 2.56 bits per heavy atom. The van der Waals surface area contributed by atoms with Crippen LogP contribution in [-0.4, -0.2) is 13.1 Å². The lowest BCUT2D eigenvalue weighted by Crippen LogP contribution is -2.54. The topological polar surface area (TPSA) is 12.0 Å². The molecule has 0 spiro atoms. The van der Waals surface area contributed by atoms with Crippen LogP contribution in [0.25, 0.3) is 0 Å². The molecule has 1 aromatic carbocycles. The van der Waals surface area contributed by atoms with E-state index >= 15 is 0 Å².